The first-order chi connectivity index (χ1) is 19.5. The molecule has 0 aromatic heterocycles. The SMILES string of the molecule is CC(C)CC(c1ccc(OC(OC2CCCCC2)C2c3ccccc3-c3ccccc32)c2ccccc12)C(C)C. The quantitative estimate of drug-likeness (QED) is 0.200. The van der Waals surface area contributed by atoms with Crippen molar-refractivity contribution in [1.82, 2.24) is 0 Å². The Labute approximate surface area is 240 Å². The minimum Gasteiger partial charge on any atom is -0.463 e. The van der Waals surface area contributed by atoms with Crippen molar-refractivity contribution >= 4 is 10.8 Å². The molecule has 2 aliphatic carbocycles. The van der Waals surface area contributed by atoms with Crippen LogP contribution in [0.3, 0.4) is 0 Å². The van der Waals surface area contributed by atoms with E-state index in [-0.39, 0.29) is 12.0 Å². The van der Waals surface area contributed by atoms with Crippen LogP contribution in [0.15, 0.2) is 84.9 Å². The van der Waals surface area contributed by atoms with Gasteiger partial charge in [0.05, 0.1) is 12.0 Å². The van der Waals surface area contributed by atoms with Crippen LogP contribution >= 0.6 is 0 Å². The summed E-state index contributed by atoms with van der Waals surface area (Å²) in [7, 11) is 0. The summed E-state index contributed by atoms with van der Waals surface area (Å²) in [4.78, 5) is 0. The van der Waals surface area contributed by atoms with Gasteiger partial charge in [-0.3, -0.25) is 0 Å². The van der Waals surface area contributed by atoms with Crippen LogP contribution in [0.2, 0.25) is 0 Å². The lowest BCUT2D eigenvalue weighted by atomic mass is 9.80. The molecule has 0 N–H and O–H groups in total. The molecule has 0 spiro atoms. The highest BCUT2D eigenvalue weighted by Crippen LogP contribution is 2.48. The molecule has 0 radical (unpaired) electrons. The van der Waals surface area contributed by atoms with E-state index in [9.17, 15) is 0 Å². The lowest BCUT2D eigenvalue weighted by molar-refractivity contribution is -0.134. The topological polar surface area (TPSA) is 18.5 Å². The Hall–Kier alpha value is -3.10. The van der Waals surface area contributed by atoms with Crippen LogP contribution in [-0.2, 0) is 4.74 Å². The average molecular weight is 533 g/mol. The average Bonchev–Trinajstić information content (AvgIpc) is 3.31. The summed E-state index contributed by atoms with van der Waals surface area (Å²) in [6.45, 7) is 9.38. The molecule has 4 aromatic rings. The molecule has 0 saturated heterocycles. The Kier molecular flexibility index (Phi) is 7.98. The molecule has 208 valence electrons. The summed E-state index contributed by atoms with van der Waals surface area (Å²) in [6, 6.07) is 31.0. The second kappa shape index (κ2) is 11.8. The Bertz CT molecular complexity index is 1400. The highest BCUT2D eigenvalue weighted by molar-refractivity contribution is 5.91. The number of ether oxygens (including phenoxy) is 2. The first-order valence-corrected chi connectivity index (χ1v) is 15.5. The van der Waals surface area contributed by atoms with Crippen molar-refractivity contribution in [2.75, 3.05) is 0 Å². The van der Waals surface area contributed by atoms with Crippen LogP contribution in [0.1, 0.15) is 94.7 Å². The van der Waals surface area contributed by atoms with E-state index in [4.69, 9.17) is 9.47 Å². The van der Waals surface area contributed by atoms with Crippen molar-refractivity contribution in [2.45, 2.75) is 90.4 Å². The third kappa shape index (κ3) is 5.31. The Morgan fingerprint density at radius 3 is 1.90 bits per heavy atom. The Morgan fingerprint density at radius 1 is 0.675 bits per heavy atom. The molecule has 2 heteroatoms. The van der Waals surface area contributed by atoms with Gasteiger partial charge in [-0.15, -0.1) is 0 Å². The molecule has 4 aromatic carbocycles. The molecule has 2 aliphatic rings. The Morgan fingerprint density at radius 2 is 1.27 bits per heavy atom. The zero-order valence-electron chi connectivity index (χ0n) is 24.6. The molecule has 1 saturated carbocycles. The maximum absolute atomic E-state index is 7.08. The van der Waals surface area contributed by atoms with Crippen molar-refractivity contribution in [3.63, 3.8) is 0 Å². The first kappa shape index (κ1) is 27.1. The zero-order chi connectivity index (χ0) is 27.6. The third-order valence-electron chi connectivity index (χ3n) is 9.12. The molecule has 0 aliphatic heterocycles. The molecule has 6 rings (SSSR count). The standard InChI is InChI=1S/C38H44O2/c1-25(2)24-35(26(3)4)31-22-23-36(32-19-11-8-16-28(31)32)40-38(39-27-14-6-5-7-15-27)37-33-20-12-9-17-29(33)30-18-10-13-21-34(30)37/h8-13,16-23,25-27,35,37-38H,5-7,14-15,24H2,1-4H3. The van der Waals surface area contributed by atoms with Gasteiger partial charge in [0.25, 0.3) is 0 Å². The van der Waals surface area contributed by atoms with Crippen LogP contribution in [0.25, 0.3) is 21.9 Å². The molecule has 1 fully saturated rings. The fourth-order valence-corrected chi connectivity index (χ4v) is 7.17. The summed E-state index contributed by atoms with van der Waals surface area (Å²) < 4.78 is 14.1. The highest BCUT2D eigenvalue weighted by atomic mass is 16.7. The van der Waals surface area contributed by atoms with Gasteiger partial charge >= 0.3 is 0 Å². The molecule has 0 bridgehead atoms. The van der Waals surface area contributed by atoms with Gasteiger partial charge in [0.2, 0.25) is 6.29 Å². The number of hydrogen-bond donors (Lipinski definition) is 0. The molecule has 0 amide bonds. The first-order valence-electron chi connectivity index (χ1n) is 15.5. The summed E-state index contributed by atoms with van der Waals surface area (Å²) in [5.74, 6) is 2.71. The van der Waals surface area contributed by atoms with E-state index in [1.807, 2.05) is 0 Å². The smallest absolute Gasteiger partial charge is 0.211 e. The van der Waals surface area contributed by atoms with Gasteiger partial charge in [0.1, 0.15) is 5.75 Å². The fourth-order valence-electron chi connectivity index (χ4n) is 7.17. The van der Waals surface area contributed by atoms with Crippen LogP contribution in [-0.4, -0.2) is 12.4 Å². The van der Waals surface area contributed by atoms with Crippen molar-refractivity contribution in [2.24, 2.45) is 11.8 Å². The van der Waals surface area contributed by atoms with E-state index in [1.165, 1.54) is 64.3 Å². The van der Waals surface area contributed by atoms with Gasteiger partial charge in [-0.2, -0.15) is 0 Å². The van der Waals surface area contributed by atoms with Gasteiger partial charge in [0.15, 0.2) is 0 Å². The van der Waals surface area contributed by atoms with Gasteiger partial charge in [-0.05, 0) is 76.3 Å². The lowest BCUT2D eigenvalue weighted by Crippen LogP contribution is -2.33. The lowest BCUT2D eigenvalue weighted by Gasteiger charge is -2.33. The molecule has 2 nitrogen and oxygen atoms in total. The van der Waals surface area contributed by atoms with Crippen molar-refractivity contribution in [3.8, 4) is 16.9 Å². The minimum absolute atomic E-state index is 0.0390. The highest BCUT2D eigenvalue weighted by Gasteiger charge is 2.38. The van der Waals surface area contributed by atoms with Crippen LogP contribution in [0.5, 0.6) is 5.75 Å². The second-order valence-corrected chi connectivity index (χ2v) is 12.7. The van der Waals surface area contributed by atoms with Gasteiger partial charge in [0, 0.05) is 5.39 Å². The maximum atomic E-state index is 7.08. The van der Waals surface area contributed by atoms with E-state index < -0.39 is 6.29 Å². The van der Waals surface area contributed by atoms with Crippen molar-refractivity contribution in [1.29, 1.82) is 0 Å². The van der Waals surface area contributed by atoms with Crippen LogP contribution < -0.4 is 4.74 Å². The molecule has 40 heavy (non-hydrogen) atoms. The van der Waals surface area contributed by atoms with E-state index >= 15 is 0 Å². The van der Waals surface area contributed by atoms with Gasteiger partial charge in [-0.1, -0.05) is 126 Å². The molecule has 2 unspecified atom stereocenters. The van der Waals surface area contributed by atoms with Crippen LogP contribution in [0, 0.1) is 11.8 Å². The minimum atomic E-state index is -0.390. The monoisotopic (exact) mass is 532 g/mol. The molecule has 0 heterocycles. The number of benzene rings is 4. The fraction of sp³-hybridized carbons (Fsp3) is 0.421. The third-order valence-corrected chi connectivity index (χ3v) is 9.12. The van der Waals surface area contributed by atoms with E-state index in [0.29, 0.717) is 17.8 Å². The van der Waals surface area contributed by atoms with Crippen LogP contribution in [0.4, 0.5) is 0 Å². The summed E-state index contributed by atoms with van der Waals surface area (Å²) >= 11 is 0. The molecular weight excluding hydrogens is 488 g/mol. The molecular formula is C38H44O2. The summed E-state index contributed by atoms with van der Waals surface area (Å²) in [6.07, 6.45) is 7.03. The summed E-state index contributed by atoms with van der Waals surface area (Å²) in [5, 5.41) is 2.49. The number of fused-ring (bicyclic) bond motifs is 4. The number of hydrogen-bond acceptors (Lipinski definition) is 2. The predicted octanol–water partition coefficient (Wildman–Crippen LogP) is 10.5. The molecule has 2 atom stereocenters. The predicted molar refractivity (Wildman–Crippen MR) is 167 cm³/mol. The van der Waals surface area contributed by atoms with Crippen molar-refractivity contribution < 1.29 is 9.47 Å². The van der Waals surface area contributed by atoms with E-state index in [2.05, 4.69) is 113 Å². The number of rotatable bonds is 9. The van der Waals surface area contributed by atoms with Gasteiger partial charge < -0.3 is 9.47 Å². The van der Waals surface area contributed by atoms with E-state index in [0.717, 1.165) is 18.6 Å². The zero-order valence-corrected chi connectivity index (χ0v) is 24.6. The van der Waals surface area contributed by atoms with E-state index in [1.54, 1.807) is 0 Å². The Balaban J connectivity index is 1.43. The van der Waals surface area contributed by atoms with Crippen molar-refractivity contribution in [3.05, 3.63) is 102 Å². The second-order valence-electron chi connectivity index (χ2n) is 12.7. The maximum Gasteiger partial charge on any atom is 0.211 e. The largest absolute Gasteiger partial charge is 0.463 e. The van der Waals surface area contributed by atoms with Gasteiger partial charge in [-0.25, -0.2) is 0 Å². The normalized spacial score (nSPS) is 17.2. The summed E-state index contributed by atoms with van der Waals surface area (Å²) in [5.41, 5.74) is 6.66.